The van der Waals surface area contributed by atoms with Crippen LogP contribution in [0.3, 0.4) is 0 Å². The van der Waals surface area contributed by atoms with Gasteiger partial charge in [0.15, 0.2) is 5.82 Å². The Balaban J connectivity index is 1.02. The van der Waals surface area contributed by atoms with Crippen molar-refractivity contribution in [3.8, 4) is 51.0 Å². The Morgan fingerprint density at radius 3 is 1.14 bits per heavy atom. The maximum Gasteiger partial charge on any atom is 0.160 e. The molecule has 9 aromatic carbocycles. The highest BCUT2D eigenvalue weighted by Gasteiger charge is 2.19. The number of para-hydroxylation sites is 5. The summed E-state index contributed by atoms with van der Waals surface area (Å²) in [6, 6.07) is 77.9. The third-order valence-electron chi connectivity index (χ3n) is 13.0. The maximum absolute atomic E-state index is 5.43. The molecule has 0 aliphatic rings. The zero-order valence-corrected chi connectivity index (χ0v) is 35.3. The number of benzene rings is 9. The van der Waals surface area contributed by atoms with Gasteiger partial charge < -0.3 is 13.7 Å². The van der Waals surface area contributed by atoms with Gasteiger partial charge in [-0.05, 0) is 84.4 Å². The second kappa shape index (κ2) is 14.7. The van der Waals surface area contributed by atoms with Crippen LogP contribution >= 0.6 is 0 Å². The molecule has 0 atom stereocenters. The molecule has 304 valence electrons. The Morgan fingerprint density at radius 2 is 0.677 bits per heavy atom. The monoisotopic (exact) mass is 829 g/mol. The summed E-state index contributed by atoms with van der Waals surface area (Å²) in [5.41, 5.74) is 15.8. The van der Waals surface area contributed by atoms with E-state index in [-0.39, 0.29) is 0 Å². The number of nitrogens with zero attached hydrogens (tertiary/aromatic N) is 5. The van der Waals surface area contributed by atoms with Crippen molar-refractivity contribution < 1.29 is 0 Å². The Kier molecular flexibility index (Phi) is 8.30. The molecule has 13 rings (SSSR count). The molecule has 0 unspecified atom stereocenters. The van der Waals surface area contributed by atoms with Gasteiger partial charge in [0.2, 0.25) is 0 Å². The largest absolute Gasteiger partial charge is 0.309 e. The summed E-state index contributed by atoms with van der Waals surface area (Å²) in [6.07, 6.45) is 1.95. The summed E-state index contributed by atoms with van der Waals surface area (Å²) in [7, 11) is 0. The van der Waals surface area contributed by atoms with Crippen LogP contribution in [0.25, 0.3) is 122 Å². The molecule has 0 aliphatic heterocycles. The highest BCUT2D eigenvalue weighted by Crippen LogP contribution is 2.38. The Morgan fingerprint density at radius 1 is 0.323 bits per heavy atom. The van der Waals surface area contributed by atoms with Gasteiger partial charge in [-0.25, -0.2) is 9.97 Å². The van der Waals surface area contributed by atoms with Gasteiger partial charge >= 0.3 is 0 Å². The number of hydrogen-bond acceptors (Lipinski definition) is 2. The normalized spacial score (nSPS) is 11.8. The first-order valence-corrected chi connectivity index (χ1v) is 22.0. The van der Waals surface area contributed by atoms with Gasteiger partial charge in [0.25, 0.3) is 0 Å². The highest BCUT2D eigenvalue weighted by molar-refractivity contribution is 6.13. The molecule has 0 bridgehead atoms. The molecule has 0 spiro atoms. The van der Waals surface area contributed by atoms with E-state index in [1.54, 1.807) is 0 Å². The second-order valence-electron chi connectivity index (χ2n) is 16.7. The third-order valence-corrected chi connectivity index (χ3v) is 13.0. The molecule has 0 N–H and O–H groups in total. The van der Waals surface area contributed by atoms with Crippen molar-refractivity contribution in [2.75, 3.05) is 0 Å². The number of rotatable bonds is 7. The van der Waals surface area contributed by atoms with E-state index < -0.39 is 0 Å². The van der Waals surface area contributed by atoms with Crippen LogP contribution < -0.4 is 0 Å². The molecule has 4 aromatic heterocycles. The van der Waals surface area contributed by atoms with Crippen LogP contribution in [-0.4, -0.2) is 23.7 Å². The molecule has 65 heavy (non-hydrogen) atoms. The maximum atomic E-state index is 5.43. The zero-order chi connectivity index (χ0) is 43.0. The highest BCUT2D eigenvalue weighted by atomic mass is 15.0. The fourth-order valence-corrected chi connectivity index (χ4v) is 10.2. The summed E-state index contributed by atoms with van der Waals surface area (Å²) < 4.78 is 7.06. The molecule has 0 saturated carbocycles. The van der Waals surface area contributed by atoms with Crippen LogP contribution in [0.5, 0.6) is 0 Å². The minimum absolute atomic E-state index is 0.653. The average Bonchev–Trinajstić information content (AvgIpc) is 4.02. The van der Waals surface area contributed by atoms with Gasteiger partial charge in [-0.3, -0.25) is 0 Å². The van der Waals surface area contributed by atoms with Gasteiger partial charge in [-0.1, -0.05) is 152 Å². The van der Waals surface area contributed by atoms with Crippen molar-refractivity contribution in [2.45, 2.75) is 0 Å². The van der Waals surface area contributed by atoms with Crippen molar-refractivity contribution in [1.82, 2.24) is 23.7 Å². The first-order chi connectivity index (χ1) is 32.2. The average molecular weight is 830 g/mol. The number of hydrogen-bond donors (Lipinski definition) is 0. The summed E-state index contributed by atoms with van der Waals surface area (Å²) >= 11 is 0. The molecule has 13 aromatic rings. The molecule has 0 aliphatic carbocycles. The van der Waals surface area contributed by atoms with Gasteiger partial charge in [-0.2, -0.15) is 0 Å². The molecule has 0 fully saturated rings. The number of aromatic nitrogens is 5. The summed E-state index contributed by atoms with van der Waals surface area (Å²) in [4.78, 5) is 10.8. The minimum atomic E-state index is 0.653. The van der Waals surface area contributed by atoms with E-state index in [4.69, 9.17) is 9.97 Å². The molecule has 0 saturated heterocycles. The van der Waals surface area contributed by atoms with Gasteiger partial charge in [0.1, 0.15) is 0 Å². The van der Waals surface area contributed by atoms with E-state index in [9.17, 15) is 0 Å². The van der Waals surface area contributed by atoms with E-state index in [0.717, 1.165) is 72.8 Å². The van der Waals surface area contributed by atoms with Gasteiger partial charge in [0.05, 0.1) is 44.5 Å². The van der Waals surface area contributed by atoms with E-state index >= 15 is 0 Å². The smallest absolute Gasteiger partial charge is 0.160 e. The molecule has 0 amide bonds. The quantitative estimate of drug-likeness (QED) is 0.161. The first kappa shape index (κ1) is 36.8. The van der Waals surface area contributed by atoms with Gasteiger partial charge in [-0.15, -0.1) is 0 Å². The van der Waals surface area contributed by atoms with Crippen molar-refractivity contribution in [2.24, 2.45) is 0 Å². The number of fused-ring (bicyclic) bond motifs is 9. The Labute approximate surface area is 375 Å². The van der Waals surface area contributed by atoms with Crippen molar-refractivity contribution in [3.05, 3.63) is 231 Å². The molecule has 5 heteroatoms. The lowest BCUT2D eigenvalue weighted by Gasteiger charge is -2.14. The van der Waals surface area contributed by atoms with Crippen LogP contribution in [0.15, 0.2) is 225 Å². The van der Waals surface area contributed by atoms with Gasteiger partial charge in [0, 0.05) is 66.1 Å². The van der Waals surface area contributed by atoms with Crippen LogP contribution in [0.2, 0.25) is 0 Å². The standard InChI is InChI=1S/C60H39N5/c1-2-39-17-16-34-58-59(39)50-28-7-12-33-57(50)65(58)44-22-14-19-41(36-44)52-38-51(40-18-13-21-43(35-40)63-53-29-8-3-24-46(53)47-25-4-9-30-54(47)63)61-60(62-52)42-20-15-23-45(37-42)64-55-31-10-5-26-48(55)49-27-6-11-32-56(49)64/h2-38H,1H2. The Hall–Kier alpha value is -8.80. The lowest BCUT2D eigenvalue weighted by Crippen LogP contribution is -2.00. The first-order valence-electron chi connectivity index (χ1n) is 22.0. The van der Waals surface area contributed by atoms with E-state index in [0.29, 0.717) is 5.82 Å². The lowest BCUT2D eigenvalue weighted by molar-refractivity contribution is 1.15. The van der Waals surface area contributed by atoms with Crippen LogP contribution in [-0.2, 0) is 0 Å². The van der Waals surface area contributed by atoms with Crippen LogP contribution in [0.1, 0.15) is 5.56 Å². The molecule has 4 heterocycles. The Bertz CT molecular complexity index is 3770. The zero-order valence-electron chi connectivity index (χ0n) is 35.3. The van der Waals surface area contributed by atoms with Crippen molar-refractivity contribution in [1.29, 1.82) is 0 Å². The summed E-state index contributed by atoms with van der Waals surface area (Å²) in [5.74, 6) is 0.653. The fraction of sp³-hybridized carbons (Fsp3) is 0. The minimum Gasteiger partial charge on any atom is -0.309 e. The molecular weight excluding hydrogens is 791 g/mol. The second-order valence-corrected chi connectivity index (χ2v) is 16.7. The van der Waals surface area contributed by atoms with Crippen molar-refractivity contribution in [3.63, 3.8) is 0 Å². The third kappa shape index (κ3) is 5.79. The molecule has 5 nitrogen and oxygen atoms in total. The SMILES string of the molecule is C=Cc1cccc2c1c1ccccc1n2-c1cccc(-c2cc(-c3cccc(-n4c5ccccc5c5ccccc54)c3)nc(-c3cccc(-n4c5ccccc5c5ccccc54)c3)n2)c1. The van der Waals surface area contributed by atoms with E-state index in [1.807, 2.05) is 6.08 Å². The predicted molar refractivity (Wildman–Crippen MR) is 271 cm³/mol. The molecule has 0 radical (unpaired) electrons. The summed E-state index contributed by atoms with van der Waals surface area (Å²) in [6.45, 7) is 4.16. The van der Waals surface area contributed by atoms with Crippen molar-refractivity contribution >= 4 is 71.5 Å². The topological polar surface area (TPSA) is 40.6 Å². The lowest BCUT2D eigenvalue weighted by atomic mass is 10.0. The van der Waals surface area contributed by atoms with E-state index in [1.165, 1.54) is 43.4 Å². The van der Waals surface area contributed by atoms with Crippen LogP contribution in [0, 0.1) is 0 Å². The molecular formula is C60H39N5. The predicted octanol–water partition coefficient (Wildman–Crippen LogP) is 15.4. The summed E-state index contributed by atoms with van der Waals surface area (Å²) in [5, 5.41) is 7.30. The van der Waals surface area contributed by atoms with E-state index in [2.05, 4.69) is 239 Å². The van der Waals surface area contributed by atoms with Crippen LogP contribution in [0.4, 0.5) is 0 Å². The fourth-order valence-electron chi connectivity index (χ4n) is 10.2.